The van der Waals surface area contributed by atoms with Crippen LogP contribution >= 0.6 is 31.9 Å². The quantitative estimate of drug-likeness (QED) is 0.215. The molecule has 4 rings (SSSR count). The predicted octanol–water partition coefficient (Wildman–Crippen LogP) is 8.02. The van der Waals surface area contributed by atoms with Crippen LogP contribution in [0.25, 0.3) is 11.1 Å². The molecule has 0 saturated heterocycles. The van der Waals surface area contributed by atoms with Gasteiger partial charge in [0.2, 0.25) is 0 Å². The number of anilines is 2. The van der Waals surface area contributed by atoms with Crippen LogP contribution in [0.5, 0.6) is 11.5 Å². The molecular weight excluding hydrogens is 612 g/mol. The monoisotopic (exact) mass is 636 g/mol. The Labute approximate surface area is 238 Å². The van der Waals surface area contributed by atoms with Gasteiger partial charge in [0.25, 0.3) is 11.8 Å². The van der Waals surface area contributed by atoms with Gasteiger partial charge in [-0.15, -0.1) is 0 Å². The Morgan fingerprint density at radius 3 is 1.32 bits per heavy atom. The van der Waals surface area contributed by atoms with E-state index >= 15 is 0 Å². The number of carbonyl (C=O) groups is 2. The van der Waals surface area contributed by atoms with Crippen LogP contribution in [-0.2, 0) is 0 Å². The fourth-order valence-corrected chi connectivity index (χ4v) is 5.05. The van der Waals surface area contributed by atoms with Gasteiger partial charge in [-0.3, -0.25) is 9.59 Å². The minimum atomic E-state index is -0.205. The van der Waals surface area contributed by atoms with Crippen molar-refractivity contribution in [2.45, 2.75) is 13.8 Å². The Morgan fingerprint density at radius 1 is 0.605 bits per heavy atom. The van der Waals surface area contributed by atoms with Crippen LogP contribution in [-0.4, -0.2) is 26.0 Å². The molecule has 0 bridgehead atoms. The maximum absolute atomic E-state index is 12.8. The smallest absolute Gasteiger partial charge is 0.255 e. The summed E-state index contributed by atoms with van der Waals surface area (Å²) in [6.07, 6.45) is 0. The van der Waals surface area contributed by atoms with Crippen molar-refractivity contribution in [2.24, 2.45) is 0 Å². The molecule has 0 unspecified atom stereocenters. The van der Waals surface area contributed by atoms with Gasteiger partial charge in [-0.05, 0) is 129 Å². The Bertz CT molecular complexity index is 1420. The van der Waals surface area contributed by atoms with Crippen molar-refractivity contribution >= 4 is 55.0 Å². The number of nitrogens with one attached hydrogen (secondary N) is 2. The van der Waals surface area contributed by atoms with Crippen LogP contribution in [0, 0.1) is 13.8 Å². The lowest BCUT2D eigenvalue weighted by molar-refractivity contribution is 0.101. The van der Waals surface area contributed by atoms with Crippen molar-refractivity contribution in [3.63, 3.8) is 0 Å². The van der Waals surface area contributed by atoms with Crippen molar-refractivity contribution < 1.29 is 19.1 Å². The second-order valence-electron chi connectivity index (χ2n) is 8.67. The van der Waals surface area contributed by atoms with E-state index in [0.717, 1.165) is 33.6 Å². The Hall–Kier alpha value is -3.62. The van der Waals surface area contributed by atoms with Gasteiger partial charge in [0.1, 0.15) is 11.5 Å². The van der Waals surface area contributed by atoms with Crippen molar-refractivity contribution in [1.82, 2.24) is 0 Å². The first-order chi connectivity index (χ1) is 18.2. The number of aryl methyl sites for hydroxylation is 2. The molecule has 8 heteroatoms. The summed E-state index contributed by atoms with van der Waals surface area (Å²) < 4.78 is 11.9. The number of hydrogen-bond acceptors (Lipinski definition) is 4. The molecule has 6 nitrogen and oxygen atoms in total. The molecule has 0 fully saturated rings. The first-order valence-corrected chi connectivity index (χ1v) is 13.3. The standard InChI is InChI=1S/C30H26Br2N2O4/c1-17-13-19(5-9-25(17)33-29(35)21-7-11-27(37-3)23(31)15-21)20-6-10-26(18(2)14-20)34-30(36)22-8-12-28(38-4)24(32)16-22/h5-16H,1-4H3,(H,33,35)(H,34,36). The topological polar surface area (TPSA) is 76.7 Å². The Kier molecular flexibility index (Phi) is 8.54. The molecule has 0 aromatic heterocycles. The molecule has 4 aromatic rings. The zero-order chi connectivity index (χ0) is 27.4. The third kappa shape index (κ3) is 6.09. The highest BCUT2D eigenvalue weighted by Gasteiger charge is 2.13. The SMILES string of the molecule is COc1ccc(C(=O)Nc2ccc(-c3ccc(NC(=O)c4ccc(OC)c(Br)c4)c(C)c3)cc2C)cc1Br. The minimum absolute atomic E-state index is 0.205. The van der Waals surface area contributed by atoms with E-state index in [0.29, 0.717) is 31.6 Å². The van der Waals surface area contributed by atoms with Crippen LogP contribution in [0.4, 0.5) is 11.4 Å². The van der Waals surface area contributed by atoms with Gasteiger partial charge in [0.05, 0.1) is 23.2 Å². The van der Waals surface area contributed by atoms with Crippen LogP contribution in [0.15, 0.2) is 81.7 Å². The number of hydrogen-bond donors (Lipinski definition) is 2. The fourth-order valence-electron chi connectivity index (χ4n) is 3.97. The summed E-state index contributed by atoms with van der Waals surface area (Å²) in [6, 6.07) is 22.2. The number of methoxy groups -OCH3 is 2. The second-order valence-corrected chi connectivity index (χ2v) is 10.4. The average molecular weight is 638 g/mol. The molecule has 2 N–H and O–H groups in total. The van der Waals surface area contributed by atoms with Crippen molar-refractivity contribution in [3.8, 4) is 22.6 Å². The van der Waals surface area contributed by atoms with E-state index in [4.69, 9.17) is 9.47 Å². The van der Waals surface area contributed by atoms with Gasteiger partial charge in [0, 0.05) is 22.5 Å². The molecular formula is C30H26Br2N2O4. The molecule has 2 amide bonds. The molecule has 0 spiro atoms. The van der Waals surface area contributed by atoms with Crippen molar-refractivity contribution in [2.75, 3.05) is 24.9 Å². The van der Waals surface area contributed by atoms with E-state index in [-0.39, 0.29) is 11.8 Å². The van der Waals surface area contributed by atoms with Crippen molar-refractivity contribution in [3.05, 3.63) is 104 Å². The summed E-state index contributed by atoms with van der Waals surface area (Å²) in [6.45, 7) is 3.91. The predicted molar refractivity (Wildman–Crippen MR) is 159 cm³/mol. The molecule has 0 radical (unpaired) electrons. The lowest BCUT2D eigenvalue weighted by Gasteiger charge is -2.14. The zero-order valence-corrected chi connectivity index (χ0v) is 24.5. The maximum atomic E-state index is 12.8. The summed E-state index contributed by atoms with van der Waals surface area (Å²) in [7, 11) is 3.16. The van der Waals surface area contributed by atoms with Gasteiger partial charge in [0.15, 0.2) is 0 Å². The maximum Gasteiger partial charge on any atom is 0.255 e. The lowest BCUT2D eigenvalue weighted by atomic mass is 9.99. The molecule has 0 aliphatic carbocycles. The number of ether oxygens (including phenoxy) is 2. The van der Waals surface area contributed by atoms with Gasteiger partial charge in [-0.1, -0.05) is 12.1 Å². The second kappa shape index (κ2) is 11.8. The summed E-state index contributed by atoms with van der Waals surface area (Å²) in [5.74, 6) is 0.918. The van der Waals surface area contributed by atoms with Crippen LogP contribution in [0.2, 0.25) is 0 Å². The largest absolute Gasteiger partial charge is 0.496 e. The van der Waals surface area contributed by atoms with E-state index in [9.17, 15) is 9.59 Å². The molecule has 38 heavy (non-hydrogen) atoms. The highest BCUT2D eigenvalue weighted by molar-refractivity contribution is 9.10. The number of amides is 2. The summed E-state index contributed by atoms with van der Waals surface area (Å²) >= 11 is 6.84. The number of benzene rings is 4. The normalized spacial score (nSPS) is 10.6. The van der Waals surface area contributed by atoms with E-state index in [1.807, 2.05) is 50.2 Å². The molecule has 0 atom stereocenters. The van der Waals surface area contributed by atoms with E-state index in [1.165, 1.54) is 0 Å². The van der Waals surface area contributed by atoms with Crippen LogP contribution in [0.1, 0.15) is 31.8 Å². The number of halogens is 2. The summed E-state index contributed by atoms with van der Waals surface area (Å²) in [4.78, 5) is 25.6. The molecule has 0 saturated carbocycles. The lowest BCUT2D eigenvalue weighted by Crippen LogP contribution is -2.13. The minimum Gasteiger partial charge on any atom is -0.496 e. The molecule has 4 aromatic carbocycles. The molecule has 0 aliphatic heterocycles. The van der Waals surface area contributed by atoms with Gasteiger partial charge >= 0.3 is 0 Å². The molecule has 194 valence electrons. The third-order valence-corrected chi connectivity index (χ3v) is 7.35. The Morgan fingerprint density at radius 2 is 1.00 bits per heavy atom. The highest BCUT2D eigenvalue weighted by Crippen LogP contribution is 2.30. The number of carbonyl (C=O) groups excluding carboxylic acids is 2. The summed E-state index contributed by atoms with van der Waals surface area (Å²) in [5.41, 5.74) is 6.40. The van der Waals surface area contributed by atoms with E-state index < -0.39 is 0 Å². The first kappa shape index (κ1) is 27.4. The van der Waals surface area contributed by atoms with Crippen molar-refractivity contribution in [1.29, 1.82) is 0 Å². The Balaban J connectivity index is 1.48. The van der Waals surface area contributed by atoms with Crippen LogP contribution in [0.3, 0.4) is 0 Å². The third-order valence-electron chi connectivity index (χ3n) is 6.11. The van der Waals surface area contributed by atoms with Gasteiger partial charge in [-0.25, -0.2) is 0 Å². The van der Waals surface area contributed by atoms with Gasteiger partial charge in [-0.2, -0.15) is 0 Å². The van der Waals surface area contributed by atoms with E-state index in [2.05, 4.69) is 42.5 Å². The highest BCUT2D eigenvalue weighted by atomic mass is 79.9. The summed E-state index contributed by atoms with van der Waals surface area (Å²) in [5, 5.41) is 5.96. The fraction of sp³-hybridized carbons (Fsp3) is 0.133. The van der Waals surface area contributed by atoms with Gasteiger partial charge < -0.3 is 20.1 Å². The molecule has 0 heterocycles. The first-order valence-electron chi connectivity index (χ1n) is 11.7. The number of rotatable bonds is 7. The molecule has 0 aliphatic rings. The average Bonchev–Trinajstić information content (AvgIpc) is 2.90. The van der Waals surface area contributed by atoms with Crippen LogP contribution < -0.4 is 20.1 Å². The van der Waals surface area contributed by atoms with E-state index in [1.54, 1.807) is 50.6 Å². The zero-order valence-electron chi connectivity index (χ0n) is 21.3.